The van der Waals surface area contributed by atoms with Crippen LogP contribution in [-0.4, -0.2) is 45.3 Å². The summed E-state index contributed by atoms with van der Waals surface area (Å²) >= 11 is 1.62. The minimum absolute atomic E-state index is 0. The summed E-state index contributed by atoms with van der Waals surface area (Å²) in [6.07, 6.45) is 4.79. The van der Waals surface area contributed by atoms with Crippen LogP contribution >= 0.6 is 35.7 Å². The van der Waals surface area contributed by atoms with Crippen LogP contribution in [0.4, 0.5) is 4.39 Å². The predicted molar refractivity (Wildman–Crippen MR) is 131 cm³/mol. The summed E-state index contributed by atoms with van der Waals surface area (Å²) in [5.74, 6) is 1.02. The van der Waals surface area contributed by atoms with Crippen molar-refractivity contribution in [2.75, 3.05) is 25.9 Å². The molecule has 0 radical (unpaired) electrons. The number of thioether (sulfide) groups is 1. The van der Waals surface area contributed by atoms with Crippen LogP contribution in [0.15, 0.2) is 52.6 Å². The SMILES string of the molecule is CCNC(=NCc1ccc(F)cc1CSC)NCCNS(=O)(=O)c1cccnc1.I. The van der Waals surface area contributed by atoms with Crippen molar-refractivity contribution < 1.29 is 12.8 Å². The van der Waals surface area contributed by atoms with Gasteiger partial charge in [0.05, 0.1) is 6.54 Å². The summed E-state index contributed by atoms with van der Waals surface area (Å²) in [5.41, 5.74) is 1.87. The number of rotatable bonds is 10. The molecule has 30 heavy (non-hydrogen) atoms. The van der Waals surface area contributed by atoms with E-state index in [0.29, 0.717) is 31.3 Å². The topological polar surface area (TPSA) is 95.5 Å². The molecule has 0 bridgehead atoms. The summed E-state index contributed by atoms with van der Waals surface area (Å²) in [4.78, 5) is 8.47. The predicted octanol–water partition coefficient (Wildman–Crippen LogP) is 2.74. The largest absolute Gasteiger partial charge is 0.357 e. The molecule has 3 N–H and O–H groups in total. The highest BCUT2D eigenvalue weighted by Crippen LogP contribution is 2.17. The molecule has 2 rings (SSSR count). The summed E-state index contributed by atoms with van der Waals surface area (Å²) in [5, 5.41) is 6.21. The number of aliphatic imine (C=N–C) groups is 1. The van der Waals surface area contributed by atoms with E-state index in [2.05, 4.69) is 25.3 Å². The second-order valence-electron chi connectivity index (χ2n) is 6.05. The van der Waals surface area contributed by atoms with E-state index in [1.807, 2.05) is 13.2 Å². The highest BCUT2D eigenvalue weighted by molar-refractivity contribution is 14.0. The molecule has 2 aromatic rings. The zero-order valence-corrected chi connectivity index (χ0v) is 20.9. The molecular formula is C19H27FIN5O2S2. The van der Waals surface area contributed by atoms with Crippen LogP contribution < -0.4 is 15.4 Å². The Labute approximate surface area is 198 Å². The van der Waals surface area contributed by atoms with Crippen molar-refractivity contribution in [2.45, 2.75) is 24.1 Å². The standard InChI is InChI=1S/C19H26FN5O2S2.HI/c1-3-22-19(24-12-15-6-7-17(20)11-16(15)14-28-2)23-9-10-25-29(26,27)18-5-4-8-21-13-18;/h4-8,11,13,25H,3,9-10,12,14H2,1-2H3,(H2,22,23,24);1H. The van der Waals surface area contributed by atoms with E-state index in [4.69, 9.17) is 0 Å². The van der Waals surface area contributed by atoms with E-state index < -0.39 is 10.0 Å². The second-order valence-corrected chi connectivity index (χ2v) is 8.69. The first-order chi connectivity index (χ1) is 14.0. The van der Waals surface area contributed by atoms with Gasteiger partial charge in [-0.2, -0.15) is 11.8 Å². The lowest BCUT2D eigenvalue weighted by molar-refractivity contribution is 0.580. The molecule has 0 atom stereocenters. The molecule has 0 amide bonds. The number of halogens is 2. The Hall–Kier alpha value is -1.44. The molecule has 1 aromatic carbocycles. The Morgan fingerprint density at radius 2 is 2.00 bits per heavy atom. The van der Waals surface area contributed by atoms with Crippen molar-refractivity contribution >= 4 is 51.7 Å². The molecule has 11 heteroatoms. The number of pyridine rings is 1. The van der Waals surface area contributed by atoms with Gasteiger partial charge in [-0.3, -0.25) is 4.98 Å². The first kappa shape index (κ1) is 26.6. The van der Waals surface area contributed by atoms with Crippen LogP contribution in [0, 0.1) is 5.82 Å². The van der Waals surface area contributed by atoms with Gasteiger partial charge in [0.15, 0.2) is 5.96 Å². The average Bonchev–Trinajstić information content (AvgIpc) is 2.71. The molecular weight excluding hydrogens is 540 g/mol. The monoisotopic (exact) mass is 567 g/mol. The Bertz CT molecular complexity index is 914. The number of hydrogen-bond donors (Lipinski definition) is 3. The van der Waals surface area contributed by atoms with Gasteiger partial charge in [0.1, 0.15) is 10.7 Å². The smallest absolute Gasteiger partial charge is 0.242 e. The minimum Gasteiger partial charge on any atom is -0.357 e. The molecule has 0 aliphatic heterocycles. The quantitative estimate of drug-likeness (QED) is 0.177. The number of nitrogens with zero attached hydrogens (tertiary/aromatic N) is 2. The zero-order valence-electron chi connectivity index (χ0n) is 16.9. The highest BCUT2D eigenvalue weighted by atomic mass is 127. The van der Waals surface area contributed by atoms with Crippen LogP contribution in [0.2, 0.25) is 0 Å². The molecule has 0 aliphatic rings. The molecule has 0 aliphatic carbocycles. The Morgan fingerprint density at radius 1 is 1.20 bits per heavy atom. The zero-order chi connectivity index (χ0) is 21.1. The van der Waals surface area contributed by atoms with Crippen LogP contribution in [0.1, 0.15) is 18.1 Å². The summed E-state index contributed by atoms with van der Waals surface area (Å²) < 4.78 is 40.4. The van der Waals surface area contributed by atoms with Gasteiger partial charge in [-0.05, 0) is 48.6 Å². The van der Waals surface area contributed by atoms with E-state index in [0.717, 1.165) is 11.1 Å². The van der Waals surface area contributed by atoms with Crippen molar-refractivity contribution in [1.29, 1.82) is 0 Å². The molecule has 0 spiro atoms. The molecule has 7 nitrogen and oxygen atoms in total. The van der Waals surface area contributed by atoms with Crippen LogP contribution in [0.5, 0.6) is 0 Å². The van der Waals surface area contributed by atoms with Crippen LogP contribution in [0.25, 0.3) is 0 Å². The lowest BCUT2D eigenvalue weighted by Gasteiger charge is -2.13. The maximum absolute atomic E-state index is 13.5. The van der Waals surface area contributed by atoms with E-state index in [-0.39, 0.29) is 41.2 Å². The Kier molecular flexibility index (Phi) is 12.2. The van der Waals surface area contributed by atoms with Gasteiger partial charge in [0.2, 0.25) is 10.0 Å². The number of guanidine groups is 1. The van der Waals surface area contributed by atoms with E-state index >= 15 is 0 Å². The van der Waals surface area contributed by atoms with E-state index in [9.17, 15) is 12.8 Å². The number of sulfonamides is 1. The van der Waals surface area contributed by atoms with Gasteiger partial charge in [0, 0.05) is 37.8 Å². The van der Waals surface area contributed by atoms with E-state index in [1.54, 1.807) is 23.9 Å². The van der Waals surface area contributed by atoms with Crippen molar-refractivity contribution in [1.82, 2.24) is 20.3 Å². The number of aromatic nitrogens is 1. The third-order valence-electron chi connectivity index (χ3n) is 3.87. The van der Waals surface area contributed by atoms with Crippen molar-refractivity contribution in [2.24, 2.45) is 4.99 Å². The van der Waals surface area contributed by atoms with Crippen molar-refractivity contribution in [3.05, 3.63) is 59.7 Å². The van der Waals surface area contributed by atoms with Crippen molar-refractivity contribution in [3.63, 3.8) is 0 Å². The average molecular weight is 567 g/mol. The van der Waals surface area contributed by atoms with Gasteiger partial charge in [-0.25, -0.2) is 22.5 Å². The first-order valence-corrected chi connectivity index (χ1v) is 12.0. The van der Waals surface area contributed by atoms with Gasteiger partial charge >= 0.3 is 0 Å². The van der Waals surface area contributed by atoms with Gasteiger partial charge in [-0.1, -0.05) is 6.07 Å². The number of hydrogen-bond acceptors (Lipinski definition) is 5. The fourth-order valence-corrected chi connectivity index (χ4v) is 4.07. The van der Waals surface area contributed by atoms with Gasteiger partial charge in [-0.15, -0.1) is 24.0 Å². The summed E-state index contributed by atoms with van der Waals surface area (Å²) in [7, 11) is -3.59. The summed E-state index contributed by atoms with van der Waals surface area (Å²) in [6.45, 7) is 3.54. The lowest BCUT2D eigenvalue weighted by atomic mass is 10.1. The fourth-order valence-electron chi connectivity index (χ4n) is 2.50. The van der Waals surface area contributed by atoms with Crippen LogP contribution in [-0.2, 0) is 22.3 Å². The molecule has 1 aromatic heterocycles. The molecule has 1 heterocycles. The molecule has 0 unspecified atom stereocenters. The van der Waals surface area contributed by atoms with Crippen molar-refractivity contribution in [3.8, 4) is 0 Å². The molecule has 166 valence electrons. The normalized spacial score (nSPS) is 11.6. The third-order valence-corrected chi connectivity index (χ3v) is 5.92. The molecule has 0 fully saturated rings. The van der Waals surface area contributed by atoms with Crippen LogP contribution in [0.3, 0.4) is 0 Å². The number of benzene rings is 1. The third kappa shape index (κ3) is 8.74. The first-order valence-electron chi connectivity index (χ1n) is 9.14. The van der Waals surface area contributed by atoms with E-state index in [1.165, 1.54) is 30.6 Å². The highest BCUT2D eigenvalue weighted by Gasteiger charge is 2.12. The Balaban J connectivity index is 0.00000450. The van der Waals surface area contributed by atoms with Gasteiger partial charge in [0.25, 0.3) is 0 Å². The molecule has 0 saturated carbocycles. The minimum atomic E-state index is -3.59. The fraction of sp³-hybridized carbons (Fsp3) is 0.368. The maximum atomic E-state index is 13.5. The number of nitrogens with one attached hydrogen (secondary N) is 3. The lowest BCUT2D eigenvalue weighted by Crippen LogP contribution is -2.41. The van der Waals surface area contributed by atoms with Gasteiger partial charge < -0.3 is 10.6 Å². The molecule has 0 saturated heterocycles. The maximum Gasteiger partial charge on any atom is 0.242 e. The summed E-state index contributed by atoms with van der Waals surface area (Å²) in [6, 6.07) is 7.78. The Morgan fingerprint density at radius 3 is 2.67 bits per heavy atom. The second kappa shape index (κ2) is 13.8.